The maximum absolute atomic E-state index is 13.0. The highest BCUT2D eigenvalue weighted by Gasteiger charge is 2.31. The van der Waals surface area contributed by atoms with Crippen LogP contribution in [-0.4, -0.2) is 44.2 Å². The number of amides is 2. The van der Waals surface area contributed by atoms with E-state index < -0.39 is 10.0 Å². The summed E-state index contributed by atoms with van der Waals surface area (Å²) < 4.78 is 27.0. The lowest BCUT2D eigenvalue weighted by Crippen LogP contribution is -2.39. The van der Waals surface area contributed by atoms with Gasteiger partial charge in [-0.1, -0.05) is 30.3 Å². The zero-order valence-corrected chi connectivity index (χ0v) is 18.4. The molecule has 0 unspecified atom stereocenters. The molecule has 0 saturated carbocycles. The lowest BCUT2D eigenvalue weighted by molar-refractivity contribution is -0.121. The fourth-order valence-corrected chi connectivity index (χ4v) is 5.01. The first-order chi connectivity index (χ1) is 14.1. The third kappa shape index (κ3) is 4.39. The molecule has 30 heavy (non-hydrogen) atoms. The minimum Gasteiger partial charge on any atom is -0.348 e. The monoisotopic (exact) mass is 429 g/mol. The van der Waals surface area contributed by atoms with Gasteiger partial charge in [0.1, 0.15) is 0 Å². The third-order valence-electron chi connectivity index (χ3n) is 5.36. The topological polar surface area (TPSA) is 86.8 Å². The minimum absolute atomic E-state index is 0.0153. The van der Waals surface area contributed by atoms with E-state index in [0.29, 0.717) is 6.42 Å². The standard InChI is InChI=1S/C22H27N3O4S/c1-15-12-19-13-20(10-11-21(19)25(15)17(3)26)30(28,29)24(4)14-22(27)23-16(2)18-8-6-5-7-9-18/h5-11,13,15-16H,12,14H2,1-4H3,(H,23,27)/t15-,16-/m0/s1. The number of carbonyl (C=O) groups is 2. The van der Waals surface area contributed by atoms with E-state index in [9.17, 15) is 18.0 Å². The van der Waals surface area contributed by atoms with Crippen LogP contribution >= 0.6 is 0 Å². The number of carbonyl (C=O) groups excluding carboxylic acids is 2. The van der Waals surface area contributed by atoms with E-state index in [4.69, 9.17) is 0 Å². The number of hydrogen-bond donors (Lipinski definition) is 1. The van der Waals surface area contributed by atoms with E-state index in [-0.39, 0.29) is 35.3 Å². The van der Waals surface area contributed by atoms with E-state index in [0.717, 1.165) is 21.1 Å². The summed E-state index contributed by atoms with van der Waals surface area (Å²) in [7, 11) is -2.45. The molecule has 1 aliphatic heterocycles. The van der Waals surface area contributed by atoms with Gasteiger partial charge in [0.2, 0.25) is 21.8 Å². The average molecular weight is 430 g/mol. The largest absolute Gasteiger partial charge is 0.348 e. The molecular formula is C22H27N3O4S. The van der Waals surface area contributed by atoms with Crippen molar-refractivity contribution in [3.8, 4) is 0 Å². The Balaban J connectivity index is 1.72. The molecule has 2 aromatic carbocycles. The number of rotatable bonds is 6. The Morgan fingerprint density at radius 2 is 1.87 bits per heavy atom. The second kappa shape index (κ2) is 8.57. The van der Waals surface area contributed by atoms with Gasteiger partial charge in [0.15, 0.2) is 0 Å². The van der Waals surface area contributed by atoms with E-state index in [1.54, 1.807) is 17.0 Å². The SMILES string of the molecule is CC(=O)N1c2ccc(S(=O)(=O)N(C)CC(=O)N[C@@H](C)c3ccccc3)cc2C[C@@H]1C. The molecule has 2 atom stereocenters. The van der Waals surface area contributed by atoms with Crippen LogP contribution in [0, 0.1) is 0 Å². The summed E-state index contributed by atoms with van der Waals surface area (Å²) in [6.07, 6.45) is 0.594. The van der Waals surface area contributed by atoms with Crippen LogP contribution in [0.5, 0.6) is 0 Å². The molecule has 0 aromatic heterocycles. The smallest absolute Gasteiger partial charge is 0.243 e. The highest BCUT2D eigenvalue weighted by Crippen LogP contribution is 2.34. The minimum atomic E-state index is -3.84. The molecule has 160 valence electrons. The van der Waals surface area contributed by atoms with Crippen LogP contribution in [0.2, 0.25) is 0 Å². The van der Waals surface area contributed by atoms with Crippen molar-refractivity contribution >= 4 is 27.5 Å². The Morgan fingerprint density at radius 1 is 1.20 bits per heavy atom. The molecule has 0 radical (unpaired) electrons. The molecule has 0 aliphatic carbocycles. The van der Waals surface area contributed by atoms with Crippen LogP contribution < -0.4 is 10.2 Å². The van der Waals surface area contributed by atoms with Crippen molar-refractivity contribution in [1.29, 1.82) is 0 Å². The zero-order chi connectivity index (χ0) is 22.1. The molecule has 3 rings (SSSR count). The molecule has 8 heteroatoms. The van der Waals surface area contributed by atoms with E-state index in [1.165, 1.54) is 20.0 Å². The molecule has 2 amide bonds. The van der Waals surface area contributed by atoms with Crippen molar-refractivity contribution in [2.24, 2.45) is 0 Å². The number of anilines is 1. The Labute approximate surface area is 177 Å². The van der Waals surface area contributed by atoms with Crippen molar-refractivity contribution in [2.75, 3.05) is 18.5 Å². The summed E-state index contributed by atoms with van der Waals surface area (Å²) in [6, 6.07) is 14.0. The highest BCUT2D eigenvalue weighted by molar-refractivity contribution is 7.89. The van der Waals surface area contributed by atoms with Crippen molar-refractivity contribution in [1.82, 2.24) is 9.62 Å². The van der Waals surface area contributed by atoms with Crippen molar-refractivity contribution in [2.45, 2.75) is 44.2 Å². The van der Waals surface area contributed by atoms with Gasteiger partial charge in [-0.25, -0.2) is 8.42 Å². The van der Waals surface area contributed by atoms with Crippen LogP contribution in [0.15, 0.2) is 53.4 Å². The number of likely N-dealkylation sites (N-methyl/N-ethyl adjacent to an activating group) is 1. The maximum Gasteiger partial charge on any atom is 0.243 e. The Hall–Kier alpha value is -2.71. The van der Waals surface area contributed by atoms with Gasteiger partial charge in [-0.2, -0.15) is 4.31 Å². The van der Waals surface area contributed by atoms with Crippen LogP contribution in [0.4, 0.5) is 5.69 Å². The normalized spacial score (nSPS) is 17.0. The number of benzene rings is 2. The molecule has 0 saturated heterocycles. The van der Waals surface area contributed by atoms with Gasteiger partial charge in [-0.3, -0.25) is 9.59 Å². The van der Waals surface area contributed by atoms with Crippen molar-refractivity contribution in [3.05, 3.63) is 59.7 Å². The molecular weight excluding hydrogens is 402 g/mol. The van der Waals surface area contributed by atoms with Crippen LogP contribution in [0.3, 0.4) is 0 Å². The summed E-state index contributed by atoms with van der Waals surface area (Å²) >= 11 is 0. The first-order valence-electron chi connectivity index (χ1n) is 9.84. The predicted octanol–water partition coefficient (Wildman–Crippen LogP) is 2.48. The van der Waals surface area contributed by atoms with Gasteiger partial charge in [-0.05, 0) is 49.6 Å². The average Bonchev–Trinajstić information content (AvgIpc) is 3.03. The van der Waals surface area contributed by atoms with Crippen molar-refractivity contribution < 1.29 is 18.0 Å². The Morgan fingerprint density at radius 3 is 2.50 bits per heavy atom. The molecule has 7 nitrogen and oxygen atoms in total. The maximum atomic E-state index is 13.0. The van der Waals surface area contributed by atoms with Crippen molar-refractivity contribution in [3.63, 3.8) is 0 Å². The lowest BCUT2D eigenvalue weighted by Gasteiger charge is -2.21. The first-order valence-corrected chi connectivity index (χ1v) is 11.3. The predicted molar refractivity (Wildman–Crippen MR) is 116 cm³/mol. The van der Waals surface area contributed by atoms with Crippen LogP contribution in [0.1, 0.15) is 37.9 Å². The Kier molecular flexibility index (Phi) is 6.28. The second-order valence-corrected chi connectivity index (χ2v) is 9.74. The first kappa shape index (κ1) is 22.0. The quantitative estimate of drug-likeness (QED) is 0.764. The number of nitrogens with zero attached hydrogens (tertiary/aromatic N) is 2. The van der Waals surface area contributed by atoms with Gasteiger partial charge in [-0.15, -0.1) is 0 Å². The van der Waals surface area contributed by atoms with E-state index in [1.807, 2.05) is 44.2 Å². The van der Waals surface area contributed by atoms with Gasteiger partial charge < -0.3 is 10.2 Å². The van der Waals surface area contributed by atoms with E-state index >= 15 is 0 Å². The molecule has 0 fully saturated rings. The lowest BCUT2D eigenvalue weighted by atomic mass is 10.1. The summed E-state index contributed by atoms with van der Waals surface area (Å²) in [5.74, 6) is -0.451. The van der Waals surface area contributed by atoms with Gasteiger partial charge in [0.05, 0.1) is 17.5 Å². The molecule has 0 spiro atoms. The Bertz CT molecular complexity index is 1050. The zero-order valence-electron chi connectivity index (χ0n) is 17.6. The van der Waals surface area contributed by atoms with Crippen LogP contribution in [0.25, 0.3) is 0 Å². The molecule has 1 heterocycles. The fraction of sp³-hybridized carbons (Fsp3) is 0.364. The summed E-state index contributed by atoms with van der Waals surface area (Å²) in [6.45, 7) is 5.00. The van der Waals surface area contributed by atoms with Gasteiger partial charge in [0.25, 0.3) is 0 Å². The highest BCUT2D eigenvalue weighted by atomic mass is 32.2. The third-order valence-corrected chi connectivity index (χ3v) is 7.16. The summed E-state index contributed by atoms with van der Waals surface area (Å²) in [4.78, 5) is 26.1. The number of fused-ring (bicyclic) bond motifs is 1. The second-order valence-electron chi connectivity index (χ2n) is 7.69. The molecule has 2 aromatic rings. The molecule has 1 N–H and O–H groups in total. The summed E-state index contributed by atoms with van der Waals surface area (Å²) in [5, 5.41) is 2.83. The van der Waals surface area contributed by atoms with Crippen LogP contribution in [-0.2, 0) is 26.0 Å². The molecule has 1 aliphatic rings. The van der Waals surface area contributed by atoms with E-state index in [2.05, 4.69) is 5.32 Å². The number of sulfonamides is 1. The molecule has 0 bridgehead atoms. The van der Waals surface area contributed by atoms with Gasteiger partial charge in [0, 0.05) is 25.7 Å². The summed E-state index contributed by atoms with van der Waals surface area (Å²) in [5.41, 5.74) is 2.50. The van der Waals surface area contributed by atoms with Gasteiger partial charge >= 0.3 is 0 Å². The number of hydrogen-bond acceptors (Lipinski definition) is 4. The number of nitrogens with one attached hydrogen (secondary N) is 1. The fourth-order valence-electron chi connectivity index (χ4n) is 3.83.